The fraction of sp³-hybridized carbons (Fsp3) is 0.421. The summed E-state index contributed by atoms with van der Waals surface area (Å²) in [6.07, 6.45) is 2.81. The molecule has 1 aromatic heterocycles. The average molecular weight is 514 g/mol. The van der Waals surface area contributed by atoms with Crippen LogP contribution in [0, 0.1) is 0 Å². The van der Waals surface area contributed by atoms with Gasteiger partial charge in [-0.1, -0.05) is 12.1 Å². The van der Waals surface area contributed by atoms with Crippen LogP contribution >= 0.6 is 24.0 Å². The Morgan fingerprint density at radius 3 is 2.62 bits per heavy atom. The average Bonchev–Trinajstić information content (AvgIpc) is 3.14. The van der Waals surface area contributed by atoms with Crippen LogP contribution in [0.2, 0.25) is 0 Å². The number of guanidine groups is 1. The number of aliphatic imine (C=N–C) groups is 1. The van der Waals surface area contributed by atoms with Crippen LogP contribution in [-0.4, -0.2) is 72.0 Å². The van der Waals surface area contributed by atoms with Crippen molar-refractivity contribution in [3.8, 4) is 5.75 Å². The van der Waals surface area contributed by atoms with Crippen LogP contribution in [0.15, 0.2) is 41.7 Å². The van der Waals surface area contributed by atoms with Crippen LogP contribution in [0.1, 0.15) is 11.7 Å². The number of carbonyl (C=O) groups is 1. The van der Waals surface area contributed by atoms with Gasteiger partial charge in [0, 0.05) is 39.9 Å². The van der Waals surface area contributed by atoms with Crippen molar-refractivity contribution in [3.63, 3.8) is 0 Å². The molecule has 0 aliphatic carbocycles. The van der Waals surface area contributed by atoms with E-state index >= 15 is 0 Å². The van der Waals surface area contributed by atoms with Gasteiger partial charge in [0.15, 0.2) is 5.96 Å². The first-order valence-corrected chi connectivity index (χ1v) is 9.08. The number of rotatable bonds is 5. The highest BCUT2D eigenvalue weighted by molar-refractivity contribution is 14.0. The molecule has 3 rings (SSSR count). The van der Waals surface area contributed by atoms with Gasteiger partial charge in [0.05, 0.1) is 25.1 Å². The van der Waals surface area contributed by atoms with Gasteiger partial charge in [-0.25, -0.2) is 0 Å². The Hall–Kier alpha value is -2.34. The molecule has 1 amide bonds. The van der Waals surface area contributed by atoms with Gasteiger partial charge in [-0.2, -0.15) is 5.10 Å². The number of carbonyl (C=O) groups excluding carboxylic acids is 1. The number of anilines is 1. The highest BCUT2D eigenvalue weighted by Gasteiger charge is 2.27. The lowest BCUT2D eigenvalue weighted by Gasteiger charge is -2.35. The van der Waals surface area contributed by atoms with E-state index in [0.29, 0.717) is 19.0 Å². The maximum Gasteiger partial charge on any atom is 0.246 e. The molecule has 1 fully saturated rings. The van der Waals surface area contributed by atoms with Crippen molar-refractivity contribution in [1.29, 1.82) is 0 Å². The third kappa shape index (κ3) is 5.60. The molecule has 9 nitrogen and oxygen atoms in total. The molecule has 0 radical (unpaired) electrons. The van der Waals surface area contributed by atoms with E-state index in [1.54, 1.807) is 29.9 Å². The van der Waals surface area contributed by atoms with Crippen LogP contribution in [-0.2, 0) is 11.8 Å². The number of methoxy groups -OCH3 is 1. The van der Waals surface area contributed by atoms with E-state index < -0.39 is 6.10 Å². The fourth-order valence-corrected chi connectivity index (χ4v) is 3.14. The zero-order chi connectivity index (χ0) is 20.1. The molecule has 1 aliphatic heterocycles. The van der Waals surface area contributed by atoms with Crippen molar-refractivity contribution >= 4 is 41.5 Å². The summed E-state index contributed by atoms with van der Waals surface area (Å²) in [4.78, 5) is 20.4. The Labute approximate surface area is 187 Å². The summed E-state index contributed by atoms with van der Waals surface area (Å²) in [5, 5.41) is 17.7. The van der Waals surface area contributed by atoms with E-state index in [2.05, 4.69) is 15.4 Å². The molecule has 2 aromatic rings. The number of nitrogens with one attached hydrogen (secondary N) is 1. The van der Waals surface area contributed by atoms with Crippen molar-refractivity contribution in [2.45, 2.75) is 6.10 Å². The number of aliphatic hydroxyl groups is 1. The molecule has 10 heteroatoms. The van der Waals surface area contributed by atoms with Gasteiger partial charge < -0.3 is 25.0 Å². The van der Waals surface area contributed by atoms with E-state index in [1.807, 2.05) is 42.4 Å². The number of piperazine rings is 1. The number of aryl methyl sites for hydroxylation is 1. The summed E-state index contributed by atoms with van der Waals surface area (Å²) in [5.74, 6) is 1.31. The number of hydrogen-bond donors (Lipinski definition) is 2. The van der Waals surface area contributed by atoms with Crippen molar-refractivity contribution in [1.82, 2.24) is 20.0 Å². The first-order chi connectivity index (χ1) is 13.5. The summed E-state index contributed by atoms with van der Waals surface area (Å²) >= 11 is 0. The molecule has 2 N–H and O–H groups in total. The summed E-state index contributed by atoms with van der Waals surface area (Å²) in [6, 6.07) is 7.27. The summed E-state index contributed by atoms with van der Waals surface area (Å²) < 4.78 is 6.81. The Morgan fingerprint density at radius 1 is 1.34 bits per heavy atom. The fourth-order valence-electron chi connectivity index (χ4n) is 3.14. The lowest BCUT2D eigenvalue weighted by atomic mass is 10.1. The molecule has 0 saturated carbocycles. The third-order valence-corrected chi connectivity index (χ3v) is 4.69. The lowest BCUT2D eigenvalue weighted by molar-refractivity contribution is -0.120. The summed E-state index contributed by atoms with van der Waals surface area (Å²) in [5.41, 5.74) is 1.58. The van der Waals surface area contributed by atoms with Crippen molar-refractivity contribution in [2.24, 2.45) is 12.0 Å². The predicted molar refractivity (Wildman–Crippen MR) is 122 cm³/mol. The highest BCUT2D eigenvalue weighted by atomic mass is 127. The minimum atomic E-state index is -0.699. The van der Waals surface area contributed by atoms with Gasteiger partial charge in [0.2, 0.25) is 5.91 Å². The minimum absolute atomic E-state index is 0. The lowest BCUT2D eigenvalue weighted by Crippen LogP contribution is -2.55. The van der Waals surface area contributed by atoms with E-state index in [9.17, 15) is 9.90 Å². The maximum absolute atomic E-state index is 12.6. The zero-order valence-corrected chi connectivity index (χ0v) is 19.1. The second kappa shape index (κ2) is 10.4. The first kappa shape index (κ1) is 22.9. The number of ether oxygens (including phenoxy) is 1. The largest absolute Gasteiger partial charge is 0.497 e. The van der Waals surface area contributed by atoms with Crippen LogP contribution in [0.5, 0.6) is 5.75 Å². The Morgan fingerprint density at radius 2 is 2.07 bits per heavy atom. The van der Waals surface area contributed by atoms with Gasteiger partial charge in [-0.15, -0.1) is 24.0 Å². The molecule has 1 aliphatic rings. The predicted octanol–water partition coefficient (Wildman–Crippen LogP) is 1.00. The number of benzene rings is 1. The zero-order valence-electron chi connectivity index (χ0n) is 16.8. The van der Waals surface area contributed by atoms with Gasteiger partial charge in [0.1, 0.15) is 12.3 Å². The normalized spacial score (nSPS) is 15.7. The highest BCUT2D eigenvalue weighted by Crippen LogP contribution is 2.18. The summed E-state index contributed by atoms with van der Waals surface area (Å²) in [6.45, 7) is 1.69. The molecule has 2 heterocycles. The number of nitrogens with zero attached hydrogens (tertiary/aromatic N) is 5. The number of halogens is 1. The molecule has 0 spiro atoms. The molecule has 1 saturated heterocycles. The minimum Gasteiger partial charge on any atom is -0.497 e. The second-order valence-corrected chi connectivity index (χ2v) is 6.56. The topological polar surface area (TPSA) is 95.2 Å². The third-order valence-electron chi connectivity index (χ3n) is 4.69. The first-order valence-electron chi connectivity index (χ1n) is 9.08. The Kier molecular flexibility index (Phi) is 8.26. The Bertz CT molecular complexity index is 839. The smallest absolute Gasteiger partial charge is 0.246 e. The number of hydrogen-bond acceptors (Lipinski definition) is 5. The van der Waals surface area contributed by atoms with Crippen LogP contribution in [0.25, 0.3) is 0 Å². The van der Waals surface area contributed by atoms with Gasteiger partial charge in [-0.05, 0) is 17.7 Å². The van der Waals surface area contributed by atoms with E-state index in [-0.39, 0.29) is 43.0 Å². The van der Waals surface area contributed by atoms with Crippen LogP contribution in [0.4, 0.5) is 5.69 Å². The number of aromatic nitrogens is 2. The number of aliphatic hydroxyl groups excluding tert-OH is 1. The van der Waals surface area contributed by atoms with Crippen molar-refractivity contribution < 1.29 is 14.6 Å². The molecule has 0 bridgehead atoms. The molecular formula is C19H27IN6O3. The molecule has 1 unspecified atom stereocenters. The van der Waals surface area contributed by atoms with Crippen LogP contribution in [0.3, 0.4) is 0 Å². The quantitative estimate of drug-likeness (QED) is 0.352. The molecule has 158 valence electrons. The van der Waals surface area contributed by atoms with Crippen LogP contribution < -0.4 is 15.0 Å². The van der Waals surface area contributed by atoms with Crippen molar-refractivity contribution in [2.75, 3.05) is 45.2 Å². The van der Waals surface area contributed by atoms with E-state index in [1.165, 1.54) is 0 Å². The Balaban J connectivity index is 0.00000300. The molecule has 1 aromatic carbocycles. The molecule has 29 heavy (non-hydrogen) atoms. The van der Waals surface area contributed by atoms with E-state index in [0.717, 1.165) is 17.0 Å². The maximum atomic E-state index is 12.6. The van der Waals surface area contributed by atoms with Crippen molar-refractivity contribution in [3.05, 3.63) is 42.2 Å². The van der Waals surface area contributed by atoms with Gasteiger partial charge in [-0.3, -0.25) is 14.5 Å². The van der Waals surface area contributed by atoms with E-state index in [4.69, 9.17) is 4.74 Å². The SMILES string of the molecule is CN=C(NCC(O)c1ccc(OC)cc1)N1CCN(c2cnn(C)c2)C(=O)C1.I. The standard InChI is InChI=1S/C19H26N6O3.HI/c1-20-19(21-11-17(26)14-4-6-16(28-3)7-5-14)24-8-9-25(18(27)13-24)15-10-22-23(2)12-15;/h4-7,10,12,17,26H,8-9,11,13H2,1-3H3,(H,20,21);1H. The van der Waals surface area contributed by atoms with Gasteiger partial charge in [0.25, 0.3) is 0 Å². The molecule has 1 atom stereocenters. The molecular weight excluding hydrogens is 487 g/mol. The van der Waals surface area contributed by atoms with Gasteiger partial charge >= 0.3 is 0 Å². The summed E-state index contributed by atoms with van der Waals surface area (Å²) in [7, 11) is 5.09. The monoisotopic (exact) mass is 514 g/mol. The number of amides is 1. The second-order valence-electron chi connectivity index (χ2n) is 6.56.